The van der Waals surface area contributed by atoms with Crippen molar-refractivity contribution in [3.8, 4) is 11.4 Å². The van der Waals surface area contributed by atoms with Gasteiger partial charge in [0.25, 0.3) is 21.6 Å². The van der Waals surface area contributed by atoms with Gasteiger partial charge in [-0.2, -0.15) is 4.98 Å². The summed E-state index contributed by atoms with van der Waals surface area (Å²) < 4.78 is 30.8. The van der Waals surface area contributed by atoms with Gasteiger partial charge in [-0.25, -0.2) is 12.7 Å². The highest BCUT2D eigenvalue weighted by molar-refractivity contribution is 7.90. The number of nitrogens with zero attached hydrogens (tertiary/aromatic N) is 4. The molecule has 0 fully saturated rings. The summed E-state index contributed by atoms with van der Waals surface area (Å²) >= 11 is 0. The van der Waals surface area contributed by atoms with E-state index in [-0.39, 0.29) is 27.9 Å². The largest absolute Gasteiger partial charge is 0.337 e. The van der Waals surface area contributed by atoms with Crippen molar-refractivity contribution in [1.82, 2.24) is 14.4 Å². The van der Waals surface area contributed by atoms with E-state index in [1.165, 1.54) is 42.5 Å². The van der Waals surface area contributed by atoms with Crippen molar-refractivity contribution in [3.63, 3.8) is 0 Å². The number of aromatic nitrogens is 2. The van der Waals surface area contributed by atoms with Gasteiger partial charge in [-0.15, -0.1) is 0 Å². The van der Waals surface area contributed by atoms with Gasteiger partial charge < -0.3 is 4.52 Å². The molecule has 0 spiro atoms. The molecule has 1 amide bonds. The molecule has 3 aromatic rings. The van der Waals surface area contributed by atoms with Crippen molar-refractivity contribution < 1.29 is 22.7 Å². The summed E-state index contributed by atoms with van der Waals surface area (Å²) in [6, 6.07) is 11.4. The van der Waals surface area contributed by atoms with Crippen molar-refractivity contribution in [2.75, 3.05) is 0 Å². The maximum Gasteiger partial charge on any atom is 0.269 e. The molecule has 2 heterocycles. The Morgan fingerprint density at radius 1 is 1.11 bits per heavy atom. The molecule has 27 heavy (non-hydrogen) atoms. The van der Waals surface area contributed by atoms with E-state index >= 15 is 0 Å². The Balaban J connectivity index is 1.60. The number of benzene rings is 2. The second kappa shape index (κ2) is 5.99. The van der Waals surface area contributed by atoms with Crippen LogP contribution in [0.25, 0.3) is 11.4 Å². The fourth-order valence-corrected chi connectivity index (χ4v) is 4.20. The number of carbonyl (C=O) groups is 1. The van der Waals surface area contributed by atoms with E-state index in [2.05, 4.69) is 10.1 Å². The van der Waals surface area contributed by atoms with E-state index < -0.39 is 27.4 Å². The first-order chi connectivity index (χ1) is 12.9. The molecule has 0 saturated heterocycles. The Bertz CT molecular complexity index is 1170. The van der Waals surface area contributed by atoms with E-state index in [4.69, 9.17) is 4.52 Å². The predicted molar refractivity (Wildman–Crippen MR) is 89.9 cm³/mol. The lowest BCUT2D eigenvalue weighted by atomic mass is 10.2. The standard InChI is InChI=1S/C16H10N4O6S/c21-16-12-3-1-2-4-13(12)27(24,25)19(16)9-14-17-15(18-26-14)10-5-7-11(8-6-10)20(22)23/h1-8H,9H2. The molecule has 0 atom stereocenters. The van der Waals surface area contributed by atoms with Crippen molar-refractivity contribution in [2.45, 2.75) is 11.4 Å². The van der Waals surface area contributed by atoms with Crippen LogP contribution in [0.1, 0.15) is 16.2 Å². The zero-order valence-corrected chi connectivity index (χ0v) is 14.3. The van der Waals surface area contributed by atoms with Gasteiger partial charge in [0.2, 0.25) is 11.7 Å². The molecule has 136 valence electrons. The normalized spacial score (nSPS) is 15.0. The van der Waals surface area contributed by atoms with Crippen molar-refractivity contribution in [1.29, 1.82) is 0 Å². The molecule has 2 aromatic carbocycles. The van der Waals surface area contributed by atoms with Crippen LogP contribution < -0.4 is 0 Å². The lowest BCUT2D eigenvalue weighted by molar-refractivity contribution is -0.384. The molecule has 10 nitrogen and oxygen atoms in total. The van der Waals surface area contributed by atoms with Gasteiger partial charge in [0, 0.05) is 17.7 Å². The van der Waals surface area contributed by atoms with Gasteiger partial charge in [0.05, 0.1) is 10.5 Å². The van der Waals surface area contributed by atoms with Crippen LogP contribution in [0.3, 0.4) is 0 Å². The first kappa shape index (κ1) is 16.8. The van der Waals surface area contributed by atoms with Gasteiger partial charge in [-0.3, -0.25) is 14.9 Å². The highest BCUT2D eigenvalue weighted by atomic mass is 32.2. The summed E-state index contributed by atoms with van der Waals surface area (Å²) in [4.78, 5) is 26.6. The van der Waals surface area contributed by atoms with Crippen LogP contribution in [-0.4, -0.2) is 33.7 Å². The summed E-state index contributed by atoms with van der Waals surface area (Å²) in [5.74, 6) is -0.616. The van der Waals surface area contributed by atoms with Crippen molar-refractivity contribution >= 4 is 21.6 Å². The lowest BCUT2D eigenvalue weighted by Crippen LogP contribution is -2.29. The molecule has 1 aromatic heterocycles. The van der Waals surface area contributed by atoms with Crippen LogP contribution in [0.2, 0.25) is 0 Å². The quantitative estimate of drug-likeness (QED) is 0.490. The third-order valence-electron chi connectivity index (χ3n) is 4.00. The van der Waals surface area contributed by atoms with Crippen LogP contribution in [0.5, 0.6) is 0 Å². The van der Waals surface area contributed by atoms with E-state index in [1.807, 2.05) is 0 Å². The van der Waals surface area contributed by atoms with Crippen LogP contribution in [0.15, 0.2) is 57.9 Å². The third-order valence-corrected chi connectivity index (χ3v) is 5.78. The summed E-state index contributed by atoms with van der Waals surface area (Å²) in [6.45, 7) is -0.407. The van der Waals surface area contributed by atoms with E-state index in [0.717, 1.165) is 0 Å². The highest BCUT2D eigenvalue weighted by Crippen LogP contribution is 2.31. The van der Waals surface area contributed by atoms with Crippen LogP contribution >= 0.6 is 0 Å². The molecule has 1 aliphatic heterocycles. The second-order valence-electron chi connectivity index (χ2n) is 5.63. The molecular formula is C16H10N4O6S. The highest BCUT2D eigenvalue weighted by Gasteiger charge is 2.41. The second-order valence-corrected chi connectivity index (χ2v) is 7.46. The van der Waals surface area contributed by atoms with E-state index in [1.54, 1.807) is 6.07 Å². The molecule has 0 unspecified atom stereocenters. The Morgan fingerprint density at radius 2 is 1.81 bits per heavy atom. The predicted octanol–water partition coefficient (Wildman–Crippen LogP) is 1.99. The third kappa shape index (κ3) is 2.73. The Kier molecular flexibility index (Phi) is 3.73. The monoisotopic (exact) mass is 386 g/mol. The lowest BCUT2D eigenvalue weighted by Gasteiger charge is -2.11. The number of rotatable bonds is 4. The average molecular weight is 386 g/mol. The average Bonchev–Trinajstić information content (AvgIpc) is 3.20. The molecule has 1 aliphatic rings. The number of non-ortho nitro benzene ring substituents is 1. The SMILES string of the molecule is O=C1c2ccccc2S(=O)(=O)N1Cc1nc(-c2ccc([N+](=O)[O-])cc2)no1. The zero-order valence-electron chi connectivity index (χ0n) is 13.5. The number of sulfonamides is 1. The summed E-state index contributed by atoms with van der Waals surface area (Å²) in [6.07, 6.45) is 0. The maximum atomic E-state index is 12.5. The molecule has 4 rings (SSSR count). The molecule has 0 aliphatic carbocycles. The minimum atomic E-state index is -3.98. The number of fused-ring (bicyclic) bond motifs is 1. The Labute approximate surface area is 152 Å². The number of amides is 1. The van der Waals surface area contributed by atoms with E-state index in [9.17, 15) is 23.3 Å². The Morgan fingerprint density at radius 3 is 2.48 bits per heavy atom. The number of nitro groups is 1. The van der Waals surface area contributed by atoms with Crippen molar-refractivity contribution in [2.24, 2.45) is 0 Å². The fourth-order valence-electron chi connectivity index (χ4n) is 2.68. The van der Waals surface area contributed by atoms with Gasteiger partial charge >= 0.3 is 0 Å². The van der Waals surface area contributed by atoms with Crippen LogP contribution in [-0.2, 0) is 16.6 Å². The minimum Gasteiger partial charge on any atom is -0.337 e. The van der Waals surface area contributed by atoms with Crippen molar-refractivity contribution in [3.05, 3.63) is 70.1 Å². The number of hydrogen-bond acceptors (Lipinski definition) is 8. The molecule has 0 N–H and O–H groups in total. The maximum absolute atomic E-state index is 12.5. The fraction of sp³-hybridized carbons (Fsp3) is 0.0625. The van der Waals surface area contributed by atoms with Gasteiger partial charge in [-0.1, -0.05) is 17.3 Å². The smallest absolute Gasteiger partial charge is 0.269 e. The topological polar surface area (TPSA) is 137 Å². The number of nitro benzene ring substituents is 1. The number of carbonyl (C=O) groups excluding carboxylic acids is 1. The van der Waals surface area contributed by atoms with Gasteiger partial charge in [0.1, 0.15) is 11.4 Å². The van der Waals surface area contributed by atoms with Gasteiger partial charge in [-0.05, 0) is 24.3 Å². The number of hydrogen-bond donors (Lipinski definition) is 0. The molecule has 0 bridgehead atoms. The zero-order chi connectivity index (χ0) is 19.2. The van der Waals surface area contributed by atoms with E-state index in [0.29, 0.717) is 9.87 Å². The molecule has 11 heteroatoms. The molecular weight excluding hydrogens is 376 g/mol. The minimum absolute atomic E-state index is 0.0647. The summed E-state index contributed by atoms with van der Waals surface area (Å²) in [7, 11) is -3.98. The van der Waals surface area contributed by atoms with Crippen LogP contribution in [0, 0.1) is 10.1 Å². The van der Waals surface area contributed by atoms with Crippen LogP contribution in [0.4, 0.5) is 5.69 Å². The first-order valence-electron chi connectivity index (χ1n) is 7.61. The first-order valence-corrected chi connectivity index (χ1v) is 9.05. The summed E-state index contributed by atoms with van der Waals surface area (Å²) in [5, 5.41) is 14.4. The summed E-state index contributed by atoms with van der Waals surface area (Å²) in [5.41, 5.74) is 0.455. The van der Waals surface area contributed by atoms with Gasteiger partial charge in [0.15, 0.2) is 0 Å². The molecule has 0 saturated carbocycles. The Hall–Kier alpha value is -3.60. The molecule has 0 radical (unpaired) electrons.